The van der Waals surface area contributed by atoms with Crippen molar-refractivity contribution in [1.29, 1.82) is 0 Å². The molecule has 3 rings (SSSR count). The fraction of sp³-hybridized carbons (Fsp3) is 0.200. The van der Waals surface area contributed by atoms with Crippen LogP contribution in [0.4, 0.5) is 5.82 Å². The van der Waals surface area contributed by atoms with E-state index in [4.69, 9.17) is 30.2 Å². The minimum absolute atomic E-state index is 0.0970. The number of benzene rings is 1. The number of aromatic nitrogens is 4. The first-order valence-corrected chi connectivity index (χ1v) is 8.17. The fourth-order valence-electron chi connectivity index (χ4n) is 2.51. The lowest BCUT2D eigenvalue weighted by atomic mass is 10.0. The van der Waals surface area contributed by atoms with Crippen molar-refractivity contribution in [3.63, 3.8) is 0 Å². The van der Waals surface area contributed by atoms with Gasteiger partial charge < -0.3 is 11.1 Å². The summed E-state index contributed by atoms with van der Waals surface area (Å²) < 4.78 is 1.41. The fourth-order valence-corrected chi connectivity index (χ4v) is 2.78. The first-order chi connectivity index (χ1) is 11.5. The minimum Gasteiger partial charge on any atom is -0.376 e. The molecule has 9 heteroatoms. The second-order valence-electron chi connectivity index (χ2n) is 5.31. The largest absolute Gasteiger partial charge is 0.376 e. The Kier molecular flexibility index (Phi) is 4.45. The molecule has 7 nitrogen and oxygen atoms in total. The van der Waals surface area contributed by atoms with E-state index in [1.165, 1.54) is 10.1 Å². The predicted molar refractivity (Wildman–Crippen MR) is 100 cm³/mol. The zero-order valence-electron chi connectivity index (χ0n) is 12.9. The summed E-state index contributed by atoms with van der Waals surface area (Å²) in [5.41, 5.74) is 8.73. The lowest BCUT2D eigenvalue weighted by Crippen LogP contribution is -2.21. The molecule has 0 unspecified atom stereocenters. The molecule has 1 aromatic carbocycles. The lowest BCUT2D eigenvalue weighted by Gasteiger charge is -2.06. The molecule has 0 fully saturated rings. The van der Waals surface area contributed by atoms with Crippen LogP contribution in [0, 0.1) is 4.77 Å². The van der Waals surface area contributed by atoms with Crippen molar-refractivity contribution in [3.8, 4) is 0 Å². The molecule has 0 amide bonds. The van der Waals surface area contributed by atoms with E-state index in [1.54, 1.807) is 0 Å². The van der Waals surface area contributed by atoms with Crippen LogP contribution in [0.3, 0.4) is 0 Å². The number of nitrogens with two attached hydrogens (primary N) is 1. The Morgan fingerprint density at radius 1 is 1.33 bits per heavy atom. The van der Waals surface area contributed by atoms with E-state index in [-0.39, 0.29) is 9.88 Å². The van der Waals surface area contributed by atoms with Gasteiger partial charge in [0, 0.05) is 12.0 Å². The quantitative estimate of drug-likeness (QED) is 0.530. The lowest BCUT2D eigenvalue weighted by molar-refractivity contribution is 0.836. The van der Waals surface area contributed by atoms with Crippen molar-refractivity contribution in [1.82, 2.24) is 19.6 Å². The number of aryl methyl sites for hydroxylation is 1. The van der Waals surface area contributed by atoms with Crippen LogP contribution in [0.15, 0.2) is 29.1 Å². The predicted octanol–water partition coefficient (Wildman–Crippen LogP) is 1.89. The maximum Gasteiger partial charge on any atom is 0.348 e. The van der Waals surface area contributed by atoms with Crippen LogP contribution >= 0.6 is 24.4 Å². The molecule has 5 N–H and O–H groups in total. The maximum absolute atomic E-state index is 12.1. The van der Waals surface area contributed by atoms with Gasteiger partial charge >= 0.3 is 5.69 Å². The molecule has 0 atom stereocenters. The third kappa shape index (κ3) is 3.22. The number of fused-ring (bicyclic) bond motifs is 1. The Labute approximate surface area is 147 Å². The second kappa shape index (κ2) is 6.54. The van der Waals surface area contributed by atoms with E-state index in [9.17, 15) is 4.79 Å². The SMILES string of the molecule is CCc1ccc(Cc2c(NC(N)=S)[nH]n3c(=O)[nH]c(=S)nc23)cc1. The van der Waals surface area contributed by atoms with Crippen LogP contribution in [-0.2, 0) is 12.8 Å². The van der Waals surface area contributed by atoms with Crippen molar-refractivity contribution in [2.24, 2.45) is 5.73 Å². The van der Waals surface area contributed by atoms with Gasteiger partial charge in [-0.25, -0.2) is 4.79 Å². The second-order valence-corrected chi connectivity index (χ2v) is 6.13. The van der Waals surface area contributed by atoms with E-state index in [0.717, 1.165) is 17.5 Å². The topological polar surface area (TPSA) is 104 Å². The molecule has 3 aromatic rings. The number of thiocarbonyl (C=S) groups is 1. The van der Waals surface area contributed by atoms with Crippen LogP contribution in [0.5, 0.6) is 0 Å². The Bertz CT molecular complexity index is 1020. The summed E-state index contributed by atoms with van der Waals surface area (Å²) in [7, 11) is 0. The summed E-state index contributed by atoms with van der Waals surface area (Å²) in [5.74, 6) is 0.528. The highest BCUT2D eigenvalue weighted by molar-refractivity contribution is 7.80. The van der Waals surface area contributed by atoms with Crippen molar-refractivity contribution >= 4 is 41.0 Å². The van der Waals surface area contributed by atoms with E-state index >= 15 is 0 Å². The van der Waals surface area contributed by atoms with E-state index in [2.05, 4.69) is 51.6 Å². The molecule has 2 heterocycles. The summed E-state index contributed by atoms with van der Waals surface area (Å²) >= 11 is 9.92. The molecule has 24 heavy (non-hydrogen) atoms. The number of aromatic amines is 2. The summed E-state index contributed by atoms with van der Waals surface area (Å²) in [6, 6.07) is 8.26. The van der Waals surface area contributed by atoms with Crippen LogP contribution in [-0.4, -0.2) is 24.7 Å². The number of hydrogen-bond acceptors (Lipinski definition) is 4. The van der Waals surface area contributed by atoms with E-state index < -0.39 is 5.69 Å². The number of hydrogen-bond donors (Lipinski definition) is 4. The molecule has 0 radical (unpaired) electrons. The van der Waals surface area contributed by atoms with Gasteiger partial charge in [0.2, 0.25) is 4.77 Å². The zero-order valence-corrected chi connectivity index (χ0v) is 14.6. The van der Waals surface area contributed by atoms with Crippen LogP contribution < -0.4 is 16.7 Å². The third-order valence-electron chi connectivity index (χ3n) is 3.69. The molecule has 0 aliphatic carbocycles. The smallest absolute Gasteiger partial charge is 0.348 e. The van der Waals surface area contributed by atoms with Crippen LogP contribution in [0.25, 0.3) is 5.65 Å². The van der Waals surface area contributed by atoms with Gasteiger partial charge in [0.05, 0.1) is 0 Å². The molecule has 0 saturated heterocycles. The number of nitrogens with one attached hydrogen (secondary N) is 3. The van der Waals surface area contributed by atoms with Crippen LogP contribution in [0.2, 0.25) is 0 Å². The highest BCUT2D eigenvalue weighted by Crippen LogP contribution is 2.22. The Hall–Kier alpha value is -2.52. The number of anilines is 1. The van der Waals surface area contributed by atoms with Crippen LogP contribution in [0.1, 0.15) is 23.6 Å². The van der Waals surface area contributed by atoms with Gasteiger partial charge in [0.25, 0.3) is 0 Å². The average molecular weight is 360 g/mol. The van der Waals surface area contributed by atoms with Gasteiger partial charge in [-0.3, -0.25) is 10.1 Å². The van der Waals surface area contributed by atoms with Crippen molar-refractivity contribution < 1.29 is 0 Å². The maximum atomic E-state index is 12.1. The van der Waals surface area contributed by atoms with Gasteiger partial charge in [-0.2, -0.15) is 9.50 Å². The van der Waals surface area contributed by atoms with Crippen molar-refractivity contribution in [3.05, 3.63) is 56.2 Å². The van der Waals surface area contributed by atoms with Crippen molar-refractivity contribution in [2.45, 2.75) is 19.8 Å². The molecular weight excluding hydrogens is 344 g/mol. The van der Waals surface area contributed by atoms with Gasteiger partial charge in [0.1, 0.15) is 5.82 Å². The summed E-state index contributed by atoms with van der Waals surface area (Å²) in [6.07, 6.45) is 1.53. The molecule has 0 aliphatic heterocycles. The molecule has 0 saturated carbocycles. The summed E-state index contributed by atoms with van der Waals surface area (Å²) in [6.45, 7) is 2.11. The Morgan fingerprint density at radius 2 is 2.00 bits per heavy atom. The first kappa shape index (κ1) is 16.3. The third-order valence-corrected chi connectivity index (χ3v) is 3.99. The Balaban J connectivity index is 2.13. The average Bonchev–Trinajstić information content (AvgIpc) is 2.86. The van der Waals surface area contributed by atoms with Crippen molar-refractivity contribution in [2.75, 3.05) is 5.32 Å². The van der Waals surface area contributed by atoms with Gasteiger partial charge in [-0.15, -0.1) is 0 Å². The normalized spacial score (nSPS) is 10.9. The number of H-pyrrole nitrogens is 2. The molecule has 124 valence electrons. The highest BCUT2D eigenvalue weighted by atomic mass is 32.1. The monoisotopic (exact) mass is 360 g/mol. The summed E-state index contributed by atoms with van der Waals surface area (Å²) in [4.78, 5) is 18.8. The minimum atomic E-state index is -0.399. The molecule has 0 aliphatic rings. The Morgan fingerprint density at radius 3 is 2.62 bits per heavy atom. The molecule has 0 bridgehead atoms. The molecule has 2 aromatic heterocycles. The highest BCUT2D eigenvalue weighted by Gasteiger charge is 2.15. The molecular formula is C15H16N6OS2. The van der Waals surface area contributed by atoms with E-state index in [1.807, 2.05) is 0 Å². The zero-order chi connectivity index (χ0) is 17.3. The number of nitrogens with zero attached hydrogens (tertiary/aromatic N) is 2. The van der Waals surface area contributed by atoms with Gasteiger partial charge in [-0.05, 0) is 42.0 Å². The molecule has 0 spiro atoms. The van der Waals surface area contributed by atoms with Gasteiger partial charge in [-0.1, -0.05) is 31.2 Å². The van der Waals surface area contributed by atoms with Gasteiger partial charge in [0.15, 0.2) is 10.8 Å². The standard InChI is InChI=1S/C15H16N6OS2/c1-2-8-3-5-9(6-4-8)7-10-11(17-13(16)23)20-21-12(10)18-14(24)19-15(21)22/h3-6,20H,2,7H2,1H3,(H3,16,17,23)(H,19,22,24). The number of rotatable bonds is 4. The first-order valence-electron chi connectivity index (χ1n) is 7.36. The summed E-state index contributed by atoms with van der Waals surface area (Å²) in [5, 5.41) is 5.87. The van der Waals surface area contributed by atoms with E-state index in [0.29, 0.717) is 17.9 Å².